The molecule has 0 fully saturated rings. The lowest BCUT2D eigenvalue weighted by Crippen LogP contribution is -2.42. The molecule has 0 saturated carbocycles. The Kier molecular flexibility index (Phi) is 9.48. The highest BCUT2D eigenvalue weighted by Gasteiger charge is 2.27. The van der Waals surface area contributed by atoms with E-state index in [0.717, 1.165) is 5.56 Å². The summed E-state index contributed by atoms with van der Waals surface area (Å²) in [6, 6.07) is 29.7. The molecule has 4 aromatic carbocycles. The van der Waals surface area contributed by atoms with Crippen molar-refractivity contribution in [2.45, 2.75) is 11.8 Å². The third kappa shape index (κ3) is 7.33. The van der Waals surface area contributed by atoms with E-state index < -0.39 is 17.9 Å². The van der Waals surface area contributed by atoms with Crippen molar-refractivity contribution in [3.05, 3.63) is 124 Å². The van der Waals surface area contributed by atoms with Gasteiger partial charge in [0.05, 0.1) is 10.0 Å². The number of carbonyl (C=O) groups is 2. The Hall–Kier alpha value is -4.24. The second-order valence-electron chi connectivity index (χ2n) is 9.13. The molecule has 0 bridgehead atoms. The summed E-state index contributed by atoms with van der Waals surface area (Å²) in [5, 5.41) is 13.0. The molecule has 0 aliphatic rings. The molecule has 0 aliphatic heterocycles. The van der Waals surface area contributed by atoms with Crippen molar-refractivity contribution >= 4 is 46.8 Å². The largest absolute Gasteiger partial charge is 0.480 e. The van der Waals surface area contributed by atoms with Gasteiger partial charge in [-0.2, -0.15) is 11.8 Å². The lowest BCUT2D eigenvalue weighted by molar-refractivity contribution is -0.138. The first kappa shape index (κ1) is 29.3. The molecule has 7 nitrogen and oxygen atoms in total. The minimum atomic E-state index is -1.15. The Morgan fingerprint density at radius 2 is 1.50 bits per heavy atom. The predicted octanol–water partition coefficient (Wildman–Crippen LogP) is 8.22. The monoisotopic (exact) mass is 618 g/mol. The van der Waals surface area contributed by atoms with Crippen molar-refractivity contribution in [1.29, 1.82) is 0 Å². The Morgan fingerprint density at radius 3 is 2.17 bits per heavy atom. The predicted molar refractivity (Wildman–Crippen MR) is 165 cm³/mol. The number of hydrogen-bond donors (Lipinski definition) is 2. The van der Waals surface area contributed by atoms with E-state index in [1.807, 2.05) is 60.7 Å². The first-order chi connectivity index (χ1) is 20.4. The summed E-state index contributed by atoms with van der Waals surface area (Å²) in [5.74, 6) is 0.511. The van der Waals surface area contributed by atoms with Crippen LogP contribution in [0.5, 0.6) is 11.5 Å². The fourth-order valence-corrected chi connectivity index (χ4v) is 5.30. The number of carboxylic acids is 1. The van der Waals surface area contributed by atoms with Crippen molar-refractivity contribution in [2.75, 3.05) is 5.75 Å². The number of nitrogens with one attached hydrogen (secondary N) is 1. The van der Waals surface area contributed by atoms with Gasteiger partial charge in [0.2, 0.25) is 5.89 Å². The highest BCUT2D eigenvalue weighted by Crippen LogP contribution is 2.34. The number of amides is 1. The summed E-state index contributed by atoms with van der Waals surface area (Å²) < 4.78 is 11.9. The van der Waals surface area contributed by atoms with Crippen LogP contribution in [0.4, 0.5) is 0 Å². The summed E-state index contributed by atoms with van der Waals surface area (Å²) in [4.78, 5) is 29.9. The molecule has 1 aromatic heterocycles. The molecule has 0 radical (unpaired) electrons. The van der Waals surface area contributed by atoms with Crippen LogP contribution < -0.4 is 10.1 Å². The van der Waals surface area contributed by atoms with Gasteiger partial charge in [-0.15, -0.1) is 0 Å². The highest BCUT2D eigenvalue weighted by atomic mass is 35.5. The number of carboxylic acid groups (broad SMARTS) is 1. The molecule has 42 heavy (non-hydrogen) atoms. The van der Waals surface area contributed by atoms with Gasteiger partial charge in [-0.25, -0.2) is 9.78 Å². The maximum Gasteiger partial charge on any atom is 0.327 e. The van der Waals surface area contributed by atoms with Gasteiger partial charge in [-0.1, -0.05) is 71.7 Å². The van der Waals surface area contributed by atoms with Crippen molar-refractivity contribution in [2.24, 2.45) is 0 Å². The molecule has 0 aliphatic carbocycles. The van der Waals surface area contributed by atoms with Crippen LogP contribution in [-0.2, 0) is 10.5 Å². The van der Waals surface area contributed by atoms with E-state index in [9.17, 15) is 14.7 Å². The molecule has 1 atom stereocenters. The van der Waals surface area contributed by atoms with E-state index in [2.05, 4.69) is 10.3 Å². The van der Waals surface area contributed by atoms with Crippen molar-refractivity contribution in [1.82, 2.24) is 10.3 Å². The maximum atomic E-state index is 13.5. The number of ether oxygens (including phenoxy) is 1. The first-order valence-electron chi connectivity index (χ1n) is 12.8. The SMILES string of the molecule is O=C(NC(CSCc1ccccc1)C(=O)O)c1nc(-c2ccc(Oc3ccccc3)cc2)oc1-c1ccc(Cl)c(Cl)c1. The van der Waals surface area contributed by atoms with E-state index in [-0.39, 0.29) is 28.1 Å². The summed E-state index contributed by atoms with van der Waals surface area (Å²) in [7, 11) is 0. The molecule has 5 rings (SSSR count). The normalized spacial score (nSPS) is 11.6. The molecular weight excluding hydrogens is 595 g/mol. The van der Waals surface area contributed by atoms with Gasteiger partial charge in [0.1, 0.15) is 17.5 Å². The van der Waals surface area contributed by atoms with E-state index in [1.165, 1.54) is 11.8 Å². The number of hydrogen-bond acceptors (Lipinski definition) is 6. The molecule has 2 N–H and O–H groups in total. The number of aromatic nitrogens is 1. The van der Waals surface area contributed by atoms with Crippen LogP contribution in [0.1, 0.15) is 16.1 Å². The summed E-state index contributed by atoms with van der Waals surface area (Å²) in [6.45, 7) is 0. The lowest BCUT2D eigenvalue weighted by Gasteiger charge is -2.14. The first-order valence-corrected chi connectivity index (χ1v) is 14.7. The molecule has 1 heterocycles. The standard InChI is InChI=1S/C32H24Cl2N2O5S/c33-25-16-13-22(17-26(25)34)29-28(30(37)35-27(32(38)39)19-42-18-20-7-3-1-4-8-20)36-31(41-29)21-11-14-24(15-12-21)40-23-9-5-2-6-10-23/h1-17,27H,18-19H2,(H,35,37)(H,38,39). The third-order valence-electron chi connectivity index (χ3n) is 6.10. The smallest absolute Gasteiger partial charge is 0.327 e. The van der Waals surface area contributed by atoms with Gasteiger partial charge in [0.25, 0.3) is 5.91 Å². The molecule has 1 unspecified atom stereocenters. The Bertz CT molecular complexity index is 1680. The van der Waals surface area contributed by atoms with Crippen LogP contribution in [0.2, 0.25) is 10.0 Å². The summed E-state index contributed by atoms with van der Waals surface area (Å²) >= 11 is 13.8. The van der Waals surface area contributed by atoms with Gasteiger partial charge in [-0.3, -0.25) is 4.79 Å². The third-order valence-corrected chi connectivity index (χ3v) is 7.95. The van der Waals surface area contributed by atoms with Gasteiger partial charge in [0.15, 0.2) is 11.5 Å². The topological polar surface area (TPSA) is 102 Å². The van der Waals surface area contributed by atoms with Crippen molar-refractivity contribution in [3.63, 3.8) is 0 Å². The molecular formula is C32H24Cl2N2O5S. The molecule has 1 amide bonds. The van der Waals surface area contributed by atoms with Crippen LogP contribution in [0.25, 0.3) is 22.8 Å². The fourth-order valence-electron chi connectivity index (χ4n) is 3.99. The zero-order valence-corrected chi connectivity index (χ0v) is 24.3. The van der Waals surface area contributed by atoms with Gasteiger partial charge in [-0.05, 0) is 60.2 Å². The van der Waals surface area contributed by atoms with Crippen LogP contribution in [0.15, 0.2) is 108 Å². The van der Waals surface area contributed by atoms with Crippen molar-refractivity contribution < 1.29 is 23.8 Å². The van der Waals surface area contributed by atoms with Crippen LogP contribution in [0.3, 0.4) is 0 Å². The number of rotatable bonds is 11. The van der Waals surface area contributed by atoms with Crippen LogP contribution in [0, 0.1) is 0 Å². The lowest BCUT2D eigenvalue weighted by atomic mass is 10.1. The average Bonchev–Trinajstić information content (AvgIpc) is 3.45. The zero-order valence-electron chi connectivity index (χ0n) is 22.0. The summed E-state index contributed by atoms with van der Waals surface area (Å²) in [6.07, 6.45) is 0. The number of aliphatic carboxylic acids is 1. The molecule has 10 heteroatoms. The van der Waals surface area contributed by atoms with E-state index >= 15 is 0 Å². The second-order valence-corrected chi connectivity index (χ2v) is 11.0. The van der Waals surface area contributed by atoms with Crippen molar-refractivity contribution in [3.8, 4) is 34.3 Å². The van der Waals surface area contributed by atoms with Gasteiger partial charge in [0, 0.05) is 22.6 Å². The average molecular weight is 620 g/mol. The number of benzene rings is 4. The number of para-hydroxylation sites is 1. The molecule has 212 valence electrons. The minimum absolute atomic E-state index is 0.0766. The molecule has 5 aromatic rings. The Labute approximate surface area is 256 Å². The van der Waals surface area contributed by atoms with E-state index in [4.69, 9.17) is 32.4 Å². The number of thioether (sulfide) groups is 1. The maximum absolute atomic E-state index is 13.5. The van der Waals surface area contributed by atoms with Gasteiger partial charge >= 0.3 is 5.97 Å². The quantitative estimate of drug-likeness (QED) is 0.154. The minimum Gasteiger partial charge on any atom is -0.480 e. The fraction of sp³-hybridized carbons (Fsp3) is 0.0938. The van der Waals surface area contributed by atoms with Crippen LogP contribution in [-0.4, -0.2) is 33.8 Å². The number of carbonyl (C=O) groups excluding carboxylic acids is 1. The number of nitrogens with zero attached hydrogens (tertiary/aromatic N) is 1. The van der Waals surface area contributed by atoms with Gasteiger partial charge < -0.3 is 19.6 Å². The van der Waals surface area contributed by atoms with Crippen LogP contribution >= 0.6 is 35.0 Å². The number of oxazole rings is 1. The second kappa shape index (κ2) is 13.6. The van der Waals surface area contributed by atoms with E-state index in [0.29, 0.717) is 33.4 Å². The molecule has 0 spiro atoms. The zero-order chi connectivity index (χ0) is 29.5. The summed E-state index contributed by atoms with van der Waals surface area (Å²) in [5.41, 5.74) is 2.03. The Morgan fingerprint density at radius 1 is 0.857 bits per heavy atom. The number of halogens is 2. The highest BCUT2D eigenvalue weighted by molar-refractivity contribution is 7.98. The molecule has 0 saturated heterocycles. The van der Waals surface area contributed by atoms with E-state index in [1.54, 1.807) is 42.5 Å². The Balaban J connectivity index is 1.39.